The van der Waals surface area contributed by atoms with Crippen molar-refractivity contribution in [1.82, 2.24) is 0 Å². The van der Waals surface area contributed by atoms with E-state index in [1.165, 1.54) is 25.1 Å². The number of hydrogen-bond acceptors (Lipinski definition) is 5. The van der Waals surface area contributed by atoms with Gasteiger partial charge in [-0.2, -0.15) is 0 Å². The number of nitrogens with zero attached hydrogens (tertiary/aromatic N) is 1. The number of rotatable bonds is 4. The number of Topliss-reactive ketones (excluding diaryl/α,β-unsaturated/α-hetero) is 1. The molecule has 1 aromatic rings. The summed E-state index contributed by atoms with van der Waals surface area (Å²) in [5, 5.41) is 10.8. The average Bonchev–Trinajstić information content (AvgIpc) is 2.25. The highest BCUT2D eigenvalue weighted by atomic mass is 16.6. The normalized spacial score (nSPS) is 11.0. The zero-order valence-corrected chi connectivity index (χ0v) is 11.9. The van der Waals surface area contributed by atoms with Crippen molar-refractivity contribution >= 4 is 17.4 Å². The minimum absolute atomic E-state index is 0.139. The molecule has 0 heterocycles. The van der Waals surface area contributed by atoms with Gasteiger partial charge in [0, 0.05) is 17.2 Å². The Morgan fingerprint density at radius 3 is 2.40 bits per heavy atom. The van der Waals surface area contributed by atoms with E-state index in [2.05, 4.69) is 0 Å². The van der Waals surface area contributed by atoms with Crippen molar-refractivity contribution < 1.29 is 19.2 Å². The van der Waals surface area contributed by atoms with Crippen LogP contribution in [-0.2, 0) is 9.53 Å². The predicted molar refractivity (Wildman–Crippen MR) is 72.6 cm³/mol. The van der Waals surface area contributed by atoms with Gasteiger partial charge in [-0.1, -0.05) is 12.1 Å². The molecule has 0 aliphatic carbocycles. The molecule has 0 N–H and O–H groups in total. The van der Waals surface area contributed by atoms with Crippen LogP contribution < -0.4 is 0 Å². The number of hydrogen-bond donors (Lipinski definition) is 0. The standard InChI is InChI=1S/C14H17NO5/c1-9-10(6-5-7-11(9)15(18)19)12(16)8-13(17)20-14(2,3)4/h5-7H,8H2,1-4H3. The zero-order chi connectivity index (χ0) is 15.5. The molecule has 0 unspecified atom stereocenters. The lowest BCUT2D eigenvalue weighted by atomic mass is 10.0. The summed E-state index contributed by atoms with van der Waals surface area (Å²) in [6, 6.07) is 4.21. The lowest BCUT2D eigenvalue weighted by molar-refractivity contribution is -0.385. The Morgan fingerprint density at radius 1 is 1.30 bits per heavy atom. The largest absolute Gasteiger partial charge is 0.460 e. The van der Waals surface area contributed by atoms with Gasteiger partial charge in [-0.05, 0) is 27.7 Å². The number of esters is 1. The molecule has 1 aromatic carbocycles. The van der Waals surface area contributed by atoms with Crippen molar-refractivity contribution in [3.63, 3.8) is 0 Å². The van der Waals surface area contributed by atoms with Crippen molar-refractivity contribution in [3.8, 4) is 0 Å². The molecule has 0 radical (unpaired) electrons. The third kappa shape index (κ3) is 4.15. The fraction of sp³-hybridized carbons (Fsp3) is 0.429. The molecule has 0 saturated carbocycles. The maximum absolute atomic E-state index is 12.0. The molecule has 0 fully saturated rings. The number of ketones is 1. The summed E-state index contributed by atoms with van der Waals surface area (Å²) in [5.41, 5.74) is -0.383. The van der Waals surface area contributed by atoms with Crippen LogP contribution in [0.4, 0.5) is 5.69 Å². The first kappa shape index (κ1) is 15.8. The molecule has 20 heavy (non-hydrogen) atoms. The second-order valence-electron chi connectivity index (χ2n) is 5.39. The number of carbonyl (C=O) groups excluding carboxylic acids is 2. The summed E-state index contributed by atoms with van der Waals surface area (Å²) in [7, 11) is 0. The second-order valence-corrected chi connectivity index (χ2v) is 5.39. The first-order valence-electron chi connectivity index (χ1n) is 6.11. The lowest BCUT2D eigenvalue weighted by Gasteiger charge is -2.19. The van der Waals surface area contributed by atoms with Gasteiger partial charge in [0.1, 0.15) is 12.0 Å². The minimum atomic E-state index is -0.672. The highest BCUT2D eigenvalue weighted by Crippen LogP contribution is 2.22. The Hall–Kier alpha value is -2.24. The van der Waals surface area contributed by atoms with Gasteiger partial charge in [0.25, 0.3) is 5.69 Å². The van der Waals surface area contributed by atoms with Crippen LogP contribution in [0.5, 0.6) is 0 Å². The number of carbonyl (C=O) groups is 2. The van der Waals surface area contributed by atoms with Crippen molar-refractivity contribution in [1.29, 1.82) is 0 Å². The monoisotopic (exact) mass is 279 g/mol. The summed E-state index contributed by atoms with van der Waals surface area (Å²) in [5.74, 6) is -1.13. The van der Waals surface area contributed by atoms with Crippen LogP contribution in [0.3, 0.4) is 0 Å². The summed E-state index contributed by atoms with van der Waals surface area (Å²) in [4.78, 5) is 33.9. The molecule has 0 bridgehead atoms. The van der Waals surface area contributed by atoms with Gasteiger partial charge in [-0.25, -0.2) is 0 Å². The van der Waals surface area contributed by atoms with E-state index < -0.39 is 28.7 Å². The van der Waals surface area contributed by atoms with Gasteiger partial charge in [-0.15, -0.1) is 0 Å². The van der Waals surface area contributed by atoms with Gasteiger partial charge in [0.2, 0.25) is 0 Å². The average molecular weight is 279 g/mol. The highest BCUT2D eigenvalue weighted by molar-refractivity contribution is 6.07. The Bertz CT molecular complexity index is 557. The summed E-state index contributed by atoms with van der Waals surface area (Å²) < 4.78 is 5.05. The molecule has 108 valence electrons. The van der Waals surface area contributed by atoms with E-state index in [9.17, 15) is 19.7 Å². The second kappa shape index (κ2) is 5.81. The Labute approximate surface area is 116 Å². The molecule has 6 heteroatoms. The Morgan fingerprint density at radius 2 is 1.90 bits per heavy atom. The SMILES string of the molecule is Cc1c(C(=O)CC(=O)OC(C)(C)C)cccc1[N+](=O)[O-]. The first-order valence-corrected chi connectivity index (χ1v) is 6.11. The van der Waals surface area contributed by atoms with Crippen molar-refractivity contribution in [2.24, 2.45) is 0 Å². The van der Waals surface area contributed by atoms with Gasteiger partial charge < -0.3 is 4.74 Å². The number of nitro groups is 1. The highest BCUT2D eigenvalue weighted by Gasteiger charge is 2.23. The van der Waals surface area contributed by atoms with Crippen LogP contribution in [0.25, 0.3) is 0 Å². The molecule has 0 atom stereocenters. The van der Waals surface area contributed by atoms with Crippen LogP contribution in [0.2, 0.25) is 0 Å². The Balaban J connectivity index is 2.91. The van der Waals surface area contributed by atoms with Crippen molar-refractivity contribution in [3.05, 3.63) is 39.4 Å². The van der Waals surface area contributed by atoms with E-state index in [0.29, 0.717) is 0 Å². The quantitative estimate of drug-likeness (QED) is 0.278. The summed E-state index contributed by atoms with van der Waals surface area (Å²) in [6.07, 6.45) is -0.431. The van der Waals surface area contributed by atoms with Crippen LogP contribution in [0.15, 0.2) is 18.2 Å². The molecule has 6 nitrogen and oxygen atoms in total. The molecule has 0 aliphatic rings. The molecule has 0 amide bonds. The molecule has 0 saturated heterocycles. The maximum atomic E-state index is 12.0. The zero-order valence-electron chi connectivity index (χ0n) is 11.9. The molecule has 0 aliphatic heterocycles. The van der Waals surface area contributed by atoms with Crippen LogP contribution in [0.1, 0.15) is 43.1 Å². The van der Waals surface area contributed by atoms with Gasteiger partial charge in [-0.3, -0.25) is 19.7 Å². The third-order valence-corrected chi connectivity index (χ3v) is 2.53. The van der Waals surface area contributed by atoms with E-state index >= 15 is 0 Å². The van der Waals surface area contributed by atoms with Gasteiger partial charge >= 0.3 is 5.97 Å². The molecular formula is C14H17NO5. The predicted octanol–water partition coefficient (Wildman–Crippen LogP) is 2.82. The molecule has 1 rings (SSSR count). The van der Waals surface area contributed by atoms with E-state index in [-0.39, 0.29) is 16.8 Å². The lowest BCUT2D eigenvalue weighted by Crippen LogP contribution is -2.25. The number of benzene rings is 1. The fourth-order valence-electron chi connectivity index (χ4n) is 1.73. The molecule has 0 spiro atoms. The first-order chi connectivity index (χ1) is 9.11. The van der Waals surface area contributed by atoms with Gasteiger partial charge in [0.05, 0.1) is 4.92 Å². The Kier molecular flexibility index (Phi) is 4.60. The van der Waals surface area contributed by atoms with Gasteiger partial charge in [0.15, 0.2) is 5.78 Å². The third-order valence-electron chi connectivity index (χ3n) is 2.53. The number of nitro benzene ring substituents is 1. The smallest absolute Gasteiger partial charge is 0.314 e. The number of ether oxygens (including phenoxy) is 1. The maximum Gasteiger partial charge on any atom is 0.314 e. The van der Waals surface area contributed by atoms with Crippen LogP contribution in [-0.4, -0.2) is 22.3 Å². The molecular weight excluding hydrogens is 262 g/mol. The minimum Gasteiger partial charge on any atom is -0.460 e. The summed E-state index contributed by atoms with van der Waals surface area (Å²) >= 11 is 0. The molecule has 0 aromatic heterocycles. The fourth-order valence-corrected chi connectivity index (χ4v) is 1.73. The van der Waals surface area contributed by atoms with Crippen molar-refractivity contribution in [2.75, 3.05) is 0 Å². The van der Waals surface area contributed by atoms with Crippen molar-refractivity contribution in [2.45, 2.75) is 39.7 Å². The van der Waals surface area contributed by atoms with E-state index in [1.54, 1.807) is 20.8 Å². The van der Waals surface area contributed by atoms with E-state index in [1.807, 2.05) is 0 Å². The summed E-state index contributed by atoms with van der Waals surface area (Å²) in [6.45, 7) is 6.59. The van der Waals surface area contributed by atoms with Crippen LogP contribution in [0, 0.1) is 17.0 Å². The van der Waals surface area contributed by atoms with Crippen LogP contribution >= 0.6 is 0 Å². The van der Waals surface area contributed by atoms with E-state index in [4.69, 9.17) is 4.74 Å². The topological polar surface area (TPSA) is 86.5 Å². The van der Waals surface area contributed by atoms with E-state index in [0.717, 1.165) is 0 Å².